The van der Waals surface area contributed by atoms with Gasteiger partial charge in [-0.15, -0.1) is 0 Å². The molecule has 0 rings (SSSR count). The van der Waals surface area contributed by atoms with Gasteiger partial charge in [0.05, 0.1) is 14.1 Å². The predicted molar refractivity (Wildman–Crippen MR) is 203 cm³/mol. The van der Waals surface area contributed by atoms with Gasteiger partial charge in [0.2, 0.25) is 0 Å². The van der Waals surface area contributed by atoms with Gasteiger partial charge in [0.25, 0.3) is 0 Å². The van der Waals surface area contributed by atoms with Crippen molar-refractivity contribution in [3.8, 4) is 0 Å². The lowest BCUT2D eigenvalue weighted by molar-refractivity contribution is -0.890. The van der Waals surface area contributed by atoms with E-state index in [0.29, 0.717) is 30.5 Å². The molecule has 48 heavy (non-hydrogen) atoms. The summed E-state index contributed by atoms with van der Waals surface area (Å²) in [5.74, 6) is -0.178. The van der Waals surface area contributed by atoms with Crippen LogP contribution in [-0.4, -0.2) is 56.8 Å². The van der Waals surface area contributed by atoms with Crippen molar-refractivity contribution in [2.24, 2.45) is 0 Å². The van der Waals surface area contributed by atoms with Crippen molar-refractivity contribution in [2.45, 2.75) is 194 Å². The van der Waals surface area contributed by atoms with Gasteiger partial charge in [-0.2, -0.15) is 0 Å². The second-order valence-electron chi connectivity index (χ2n) is 14.5. The lowest BCUT2D eigenvalue weighted by Crippen LogP contribution is -3.00. The number of hydrogen-bond donors (Lipinski definition) is 0. The number of quaternary nitrogens is 1. The Balaban J connectivity index is 0. The lowest BCUT2D eigenvalue weighted by atomic mass is 10.1. The van der Waals surface area contributed by atoms with Crippen LogP contribution in [0, 0.1) is 0 Å². The number of hydrogen-bond acceptors (Lipinski definition) is 4. The number of carbonyl (C=O) groups excluding carboxylic acids is 2. The first-order valence-corrected chi connectivity index (χ1v) is 20.3. The zero-order valence-corrected chi connectivity index (χ0v) is 33.2. The Morgan fingerprint density at radius 2 is 0.708 bits per heavy atom. The largest absolute Gasteiger partial charge is 1.00 e. The molecule has 0 aromatic carbocycles. The molecule has 0 aromatic rings. The zero-order chi connectivity index (χ0) is 34.5. The standard InChI is InChI=1S/C42H80NO4.ClH/c1-5-7-9-11-13-15-17-19-21-23-25-27-29-31-33-35-41(44)46-39-37-43(3,4)38-40-47-42(45)36-34-32-30-28-26-24-22-20-18-16-14-12-10-8-6-2;/h19-22H,5-18,23-40H2,1-4H3;1H/q+1;/p-1. The minimum atomic E-state index is -0.0889. The van der Waals surface area contributed by atoms with E-state index in [-0.39, 0.29) is 24.3 Å². The maximum absolute atomic E-state index is 12.1. The fourth-order valence-electron chi connectivity index (χ4n) is 5.75. The number of ether oxygens (including phenoxy) is 2. The van der Waals surface area contributed by atoms with Crippen molar-refractivity contribution in [3.05, 3.63) is 24.3 Å². The van der Waals surface area contributed by atoms with Crippen LogP contribution >= 0.6 is 0 Å². The Hall–Kier alpha value is -1.33. The first-order chi connectivity index (χ1) is 22.9. The molecule has 0 aliphatic heterocycles. The minimum Gasteiger partial charge on any atom is -1.00 e. The number of esters is 2. The van der Waals surface area contributed by atoms with Gasteiger partial charge >= 0.3 is 11.9 Å². The van der Waals surface area contributed by atoms with E-state index in [4.69, 9.17) is 9.47 Å². The highest BCUT2D eigenvalue weighted by Gasteiger charge is 2.17. The summed E-state index contributed by atoms with van der Waals surface area (Å²) >= 11 is 0. The molecule has 0 radical (unpaired) electrons. The van der Waals surface area contributed by atoms with Crippen LogP contribution < -0.4 is 12.4 Å². The molecule has 284 valence electrons. The summed E-state index contributed by atoms with van der Waals surface area (Å²) in [6, 6.07) is 0. The second kappa shape index (κ2) is 38.5. The Labute approximate surface area is 305 Å². The first kappa shape index (κ1) is 48.8. The number of unbranched alkanes of at least 4 members (excludes halogenated alkanes) is 22. The average molecular weight is 699 g/mol. The molecule has 0 aliphatic carbocycles. The van der Waals surface area contributed by atoms with Gasteiger partial charge in [-0.05, 0) is 64.2 Å². The molecule has 0 saturated carbocycles. The summed E-state index contributed by atoms with van der Waals surface area (Å²) in [7, 11) is 4.19. The number of nitrogens with zero attached hydrogens (tertiary/aromatic N) is 1. The maximum atomic E-state index is 12.1. The third kappa shape index (κ3) is 39.1. The van der Waals surface area contributed by atoms with E-state index in [1.165, 1.54) is 141 Å². The highest BCUT2D eigenvalue weighted by molar-refractivity contribution is 5.69. The normalized spacial score (nSPS) is 11.8. The number of allylic oxidation sites excluding steroid dienone is 4. The molecule has 0 aliphatic rings. The summed E-state index contributed by atoms with van der Waals surface area (Å²) in [4.78, 5) is 24.3. The molecule has 6 heteroatoms. The quantitative estimate of drug-likeness (QED) is 0.0284. The van der Waals surface area contributed by atoms with Gasteiger partial charge in [0, 0.05) is 12.8 Å². The van der Waals surface area contributed by atoms with E-state index in [9.17, 15) is 9.59 Å². The van der Waals surface area contributed by atoms with Crippen molar-refractivity contribution >= 4 is 11.9 Å². The molecule has 0 N–H and O–H groups in total. The zero-order valence-electron chi connectivity index (χ0n) is 32.4. The fourth-order valence-corrected chi connectivity index (χ4v) is 5.75. The van der Waals surface area contributed by atoms with Crippen LogP contribution in [0.4, 0.5) is 0 Å². The van der Waals surface area contributed by atoms with Crippen molar-refractivity contribution in [3.63, 3.8) is 0 Å². The van der Waals surface area contributed by atoms with E-state index in [1.54, 1.807) is 0 Å². The maximum Gasteiger partial charge on any atom is 0.305 e. The molecule has 0 unspecified atom stereocenters. The van der Waals surface area contributed by atoms with E-state index in [0.717, 1.165) is 38.8 Å². The monoisotopic (exact) mass is 698 g/mol. The molecule has 0 fully saturated rings. The summed E-state index contributed by atoms with van der Waals surface area (Å²) in [6.07, 6.45) is 43.1. The van der Waals surface area contributed by atoms with Crippen molar-refractivity contribution in [1.29, 1.82) is 0 Å². The van der Waals surface area contributed by atoms with Gasteiger partial charge in [-0.3, -0.25) is 9.59 Å². The lowest BCUT2D eigenvalue weighted by Gasteiger charge is -2.29. The molecule has 0 saturated heterocycles. The molecular formula is C42H80ClNO4. The SMILES string of the molecule is CCCCCCCCC=CCCCCCCCC(=O)OCC[N+](C)(C)CCOC(=O)CCCCCCCC=CCCCCCCCC.[Cl-]. The van der Waals surface area contributed by atoms with Crippen LogP contribution in [0.1, 0.15) is 194 Å². The first-order valence-electron chi connectivity index (χ1n) is 20.3. The van der Waals surface area contributed by atoms with Crippen LogP contribution in [0.15, 0.2) is 24.3 Å². The smallest absolute Gasteiger partial charge is 0.305 e. The van der Waals surface area contributed by atoms with Crippen LogP contribution in [0.5, 0.6) is 0 Å². The van der Waals surface area contributed by atoms with Crippen LogP contribution in [0.25, 0.3) is 0 Å². The van der Waals surface area contributed by atoms with E-state index < -0.39 is 0 Å². The van der Waals surface area contributed by atoms with E-state index in [2.05, 4.69) is 52.2 Å². The Morgan fingerprint density at radius 3 is 1.02 bits per heavy atom. The van der Waals surface area contributed by atoms with E-state index in [1.807, 2.05) is 0 Å². The Bertz CT molecular complexity index is 692. The summed E-state index contributed by atoms with van der Waals surface area (Å²) in [5, 5.41) is 0. The van der Waals surface area contributed by atoms with Crippen LogP contribution in [0.2, 0.25) is 0 Å². The fraction of sp³-hybridized carbons (Fsp3) is 0.857. The van der Waals surface area contributed by atoms with Crippen LogP contribution in [-0.2, 0) is 19.1 Å². The Kier molecular flexibility index (Phi) is 39.1. The van der Waals surface area contributed by atoms with Crippen molar-refractivity contribution in [1.82, 2.24) is 0 Å². The number of halogens is 1. The molecule has 0 spiro atoms. The predicted octanol–water partition coefficient (Wildman–Crippen LogP) is 9.23. The molecule has 0 aromatic heterocycles. The minimum absolute atomic E-state index is 0. The van der Waals surface area contributed by atoms with Crippen molar-refractivity contribution < 1.29 is 36.0 Å². The van der Waals surface area contributed by atoms with Gasteiger partial charge in [-0.1, -0.05) is 141 Å². The Morgan fingerprint density at radius 1 is 0.438 bits per heavy atom. The molecule has 0 amide bonds. The van der Waals surface area contributed by atoms with Gasteiger partial charge < -0.3 is 26.4 Å². The van der Waals surface area contributed by atoms with Gasteiger partial charge in [-0.25, -0.2) is 0 Å². The van der Waals surface area contributed by atoms with Gasteiger partial charge in [0.15, 0.2) is 0 Å². The molecule has 0 atom stereocenters. The number of likely N-dealkylation sites (N-methyl/N-ethyl adjacent to an activating group) is 1. The van der Waals surface area contributed by atoms with E-state index >= 15 is 0 Å². The third-order valence-corrected chi connectivity index (χ3v) is 9.20. The number of rotatable bonds is 36. The summed E-state index contributed by atoms with van der Waals surface area (Å²) in [6.45, 7) is 6.82. The molecule has 0 bridgehead atoms. The highest BCUT2D eigenvalue weighted by atomic mass is 35.5. The highest BCUT2D eigenvalue weighted by Crippen LogP contribution is 2.12. The van der Waals surface area contributed by atoms with Crippen LogP contribution in [0.3, 0.4) is 0 Å². The topological polar surface area (TPSA) is 52.6 Å². The molecule has 0 heterocycles. The van der Waals surface area contributed by atoms with Gasteiger partial charge in [0.1, 0.15) is 26.3 Å². The summed E-state index contributed by atoms with van der Waals surface area (Å²) < 4.78 is 11.6. The third-order valence-electron chi connectivity index (χ3n) is 9.20. The number of carbonyl (C=O) groups is 2. The molecule has 5 nitrogen and oxygen atoms in total. The summed E-state index contributed by atoms with van der Waals surface area (Å²) in [5.41, 5.74) is 0. The second-order valence-corrected chi connectivity index (χ2v) is 14.5. The van der Waals surface area contributed by atoms with Crippen molar-refractivity contribution in [2.75, 3.05) is 40.4 Å². The molecular weight excluding hydrogens is 618 g/mol. The average Bonchev–Trinajstić information content (AvgIpc) is 3.04.